The summed E-state index contributed by atoms with van der Waals surface area (Å²) in [4.78, 5) is 18.6. The summed E-state index contributed by atoms with van der Waals surface area (Å²) in [6.45, 7) is 3.21. The molecule has 230 valence electrons. The van der Waals surface area contributed by atoms with E-state index in [2.05, 4.69) is 16.4 Å². The summed E-state index contributed by atoms with van der Waals surface area (Å²) in [5, 5.41) is 17.2. The highest BCUT2D eigenvalue weighted by atomic mass is 35.5. The van der Waals surface area contributed by atoms with Gasteiger partial charge in [-0.1, -0.05) is 30.0 Å². The number of aliphatic hydroxyl groups is 1. The summed E-state index contributed by atoms with van der Waals surface area (Å²) >= 11 is 1.53. The molecule has 1 amide bonds. The molecule has 0 atom stereocenters. The van der Waals surface area contributed by atoms with E-state index in [0.29, 0.717) is 51.8 Å². The van der Waals surface area contributed by atoms with Gasteiger partial charge in [0.1, 0.15) is 6.73 Å². The van der Waals surface area contributed by atoms with E-state index in [1.165, 1.54) is 11.8 Å². The van der Waals surface area contributed by atoms with Crippen molar-refractivity contribution in [2.24, 2.45) is 0 Å². The Bertz CT molecular complexity index is 1440. The zero-order valence-electron chi connectivity index (χ0n) is 24.0. The van der Waals surface area contributed by atoms with Crippen molar-refractivity contribution in [1.29, 1.82) is 0 Å². The second-order valence-corrected chi connectivity index (χ2v) is 10.0. The van der Waals surface area contributed by atoms with Gasteiger partial charge in [-0.05, 0) is 54.6 Å². The SMILES string of the molecule is CNC(=O)c1ccccc1Sc1ccc2c(/C=C/c3ccccn3)nn(COCCOCCOCCOCCO)c2c1.Cl. The average Bonchev–Trinajstić information content (AvgIpc) is 3.37. The van der Waals surface area contributed by atoms with E-state index in [1.54, 1.807) is 13.2 Å². The maximum atomic E-state index is 12.4. The number of benzene rings is 2. The average molecular weight is 629 g/mol. The van der Waals surface area contributed by atoms with Crippen molar-refractivity contribution in [3.8, 4) is 0 Å². The largest absolute Gasteiger partial charge is 0.394 e. The molecule has 2 N–H and O–H groups in total. The Kier molecular flexibility index (Phi) is 15.2. The highest BCUT2D eigenvalue weighted by Gasteiger charge is 2.14. The Morgan fingerprint density at radius 1 is 0.907 bits per heavy atom. The number of hydrogen-bond acceptors (Lipinski definition) is 9. The van der Waals surface area contributed by atoms with Crippen LogP contribution >= 0.6 is 24.2 Å². The molecule has 10 nitrogen and oxygen atoms in total. The first kappa shape index (κ1) is 34.2. The topological polar surface area (TPSA) is 117 Å². The molecule has 4 rings (SSSR count). The normalized spacial score (nSPS) is 11.2. The fourth-order valence-corrected chi connectivity index (χ4v) is 4.96. The van der Waals surface area contributed by atoms with E-state index in [9.17, 15) is 4.79 Å². The van der Waals surface area contributed by atoms with Crippen molar-refractivity contribution >= 4 is 53.1 Å². The second-order valence-electron chi connectivity index (χ2n) is 8.93. The van der Waals surface area contributed by atoms with Gasteiger partial charge in [0.25, 0.3) is 5.91 Å². The number of aliphatic hydroxyl groups excluding tert-OH is 1. The van der Waals surface area contributed by atoms with Gasteiger partial charge < -0.3 is 29.4 Å². The predicted molar refractivity (Wildman–Crippen MR) is 170 cm³/mol. The summed E-state index contributed by atoms with van der Waals surface area (Å²) in [7, 11) is 1.63. The quantitative estimate of drug-likeness (QED) is 0.153. The van der Waals surface area contributed by atoms with Crippen LogP contribution in [0.25, 0.3) is 23.1 Å². The Hall–Kier alpha value is -3.29. The molecule has 0 aliphatic carbocycles. The molecule has 0 saturated carbocycles. The zero-order chi connectivity index (χ0) is 29.4. The summed E-state index contributed by atoms with van der Waals surface area (Å²) < 4.78 is 23.9. The van der Waals surface area contributed by atoms with Gasteiger partial charge in [-0.3, -0.25) is 9.78 Å². The minimum Gasteiger partial charge on any atom is -0.394 e. The lowest BCUT2D eigenvalue weighted by Crippen LogP contribution is -2.18. The summed E-state index contributed by atoms with van der Waals surface area (Å²) in [6, 6.07) is 19.4. The number of pyridine rings is 1. The number of nitrogens with one attached hydrogen (secondary N) is 1. The lowest BCUT2D eigenvalue weighted by atomic mass is 10.2. The van der Waals surface area contributed by atoms with Gasteiger partial charge in [0, 0.05) is 28.4 Å². The highest BCUT2D eigenvalue weighted by molar-refractivity contribution is 7.99. The minimum absolute atomic E-state index is 0. The van der Waals surface area contributed by atoms with Crippen molar-refractivity contribution in [1.82, 2.24) is 20.1 Å². The van der Waals surface area contributed by atoms with Crippen LogP contribution in [0.15, 0.2) is 76.7 Å². The van der Waals surface area contributed by atoms with Gasteiger partial charge in [0.2, 0.25) is 0 Å². The molecule has 12 heteroatoms. The lowest BCUT2D eigenvalue weighted by Gasteiger charge is -2.09. The number of fused-ring (bicyclic) bond motifs is 1. The van der Waals surface area contributed by atoms with Crippen LogP contribution in [-0.2, 0) is 25.7 Å². The standard InChI is InChI=1S/C31H36N4O6S.ClH/c1-32-31(37)27-7-2-3-8-30(27)42-25-10-11-26-28(12-9-24-6-4-5-13-33-24)34-35(29(26)22-25)23-41-21-20-40-19-18-39-17-16-38-15-14-36;/h2-13,22,36H,14-21,23H2,1H3,(H,32,37);1H/b12-9+;. The first-order chi connectivity index (χ1) is 20.7. The highest BCUT2D eigenvalue weighted by Crippen LogP contribution is 2.33. The molecule has 0 aliphatic rings. The van der Waals surface area contributed by atoms with Gasteiger partial charge in [-0.2, -0.15) is 5.10 Å². The monoisotopic (exact) mass is 628 g/mol. The van der Waals surface area contributed by atoms with E-state index in [1.807, 2.05) is 71.4 Å². The molecule has 0 radical (unpaired) electrons. The van der Waals surface area contributed by atoms with E-state index >= 15 is 0 Å². The van der Waals surface area contributed by atoms with Gasteiger partial charge in [-0.15, -0.1) is 12.4 Å². The number of aromatic nitrogens is 3. The molecule has 0 unspecified atom stereocenters. The van der Waals surface area contributed by atoms with Crippen LogP contribution in [0.3, 0.4) is 0 Å². The molecule has 4 aromatic rings. The van der Waals surface area contributed by atoms with Gasteiger partial charge in [0.05, 0.1) is 75.3 Å². The number of rotatable bonds is 18. The Morgan fingerprint density at radius 2 is 1.60 bits per heavy atom. The summed E-state index contributed by atoms with van der Waals surface area (Å²) in [5.41, 5.74) is 3.18. The Morgan fingerprint density at radius 3 is 2.30 bits per heavy atom. The van der Waals surface area contributed by atoms with Crippen molar-refractivity contribution in [2.75, 3.05) is 59.9 Å². The molecule has 2 aromatic carbocycles. The maximum absolute atomic E-state index is 12.4. The first-order valence-electron chi connectivity index (χ1n) is 13.7. The fraction of sp³-hybridized carbons (Fsp3) is 0.323. The van der Waals surface area contributed by atoms with Crippen LogP contribution in [0.4, 0.5) is 0 Å². The zero-order valence-corrected chi connectivity index (χ0v) is 25.6. The van der Waals surface area contributed by atoms with E-state index in [4.69, 9.17) is 29.2 Å². The molecular weight excluding hydrogens is 592 g/mol. The first-order valence-corrected chi connectivity index (χ1v) is 14.5. The molecule has 0 bridgehead atoms. The second kappa shape index (κ2) is 19.1. The van der Waals surface area contributed by atoms with E-state index in [0.717, 1.165) is 32.1 Å². The third-order valence-corrected chi connectivity index (χ3v) is 7.07. The minimum atomic E-state index is -0.125. The molecule has 0 saturated heterocycles. The number of ether oxygens (including phenoxy) is 4. The maximum Gasteiger partial charge on any atom is 0.252 e. The van der Waals surface area contributed by atoms with Crippen LogP contribution in [0, 0.1) is 0 Å². The van der Waals surface area contributed by atoms with E-state index in [-0.39, 0.29) is 31.7 Å². The third kappa shape index (κ3) is 10.7. The van der Waals surface area contributed by atoms with Crippen LogP contribution in [0.2, 0.25) is 0 Å². The molecule has 2 aromatic heterocycles. The smallest absolute Gasteiger partial charge is 0.252 e. The molecule has 0 spiro atoms. The molecule has 0 aliphatic heterocycles. The van der Waals surface area contributed by atoms with Crippen LogP contribution in [-0.4, -0.2) is 85.7 Å². The molecule has 0 fully saturated rings. The fourth-order valence-electron chi connectivity index (χ4n) is 3.98. The van der Waals surface area contributed by atoms with Crippen LogP contribution < -0.4 is 5.32 Å². The predicted octanol–water partition coefficient (Wildman–Crippen LogP) is 4.55. The van der Waals surface area contributed by atoms with E-state index < -0.39 is 0 Å². The van der Waals surface area contributed by atoms with Crippen LogP contribution in [0.5, 0.6) is 0 Å². The number of halogens is 1. The molecule has 2 heterocycles. The molecule has 43 heavy (non-hydrogen) atoms. The summed E-state index contributed by atoms with van der Waals surface area (Å²) in [5.74, 6) is -0.125. The number of nitrogens with zero attached hydrogens (tertiary/aromatic N) is 3. The van der Waals surface area contributed by atoms with Gasteiger partial charge >= 0.3 is 0 Å². The lowest BCUT2D eigenvalue weighted by molar-refractivity contribution is -0.0152. The van der Waals surface area contributed by atoms with Gasteiger partial charge in [0.15, 0.2) is 0 Å². The van der Waals surface area contributed by atoms with Crippen molar-refractivity contribution in [3.05, 3.63) is 83.8 Å². The number of hydrogen-bond donors (Lipinski definition) is 2. The van der Waals surface area contributed by atoms with Crippen molar-refractivity contribution in [2.45, 2.75) is 16.5 Å². The number of carbonyl (C=O) groups is 1. The molecular formula is C31H37ClN4O6S. The number of amides is 1. The van der Waals surface area contributed by atoms with Crippen LogP contribution in [0.1, 0.15) is 21.7 Å². The Labute approximate surface area is 261 Å². The number of carbonyl (C=O) groups excluding carboxylic acids is 1. The van der Waals surface area contributed by atoms with Gasteiger partial charge in [-0.25, -0.2) is 4.68 Å². The summed E-state index contributed by atoms with van der Waals surface area (Å²) in [6.07, 6.45) is 5.64. The van der Waals surface area contributed by atoms with Crippen molar-refractivity contribution < 1.29 is 28.8 Å². The third-order valence-electron chi connectivity index (χ3n) is 6.00. The Balaban J connectivity index is 0.00000506. The van der Waals surface area contributed by atoms with Crippen molar-refractivity contribution in [3.63, 3.8) is 0 Å².